The maximum absolute atomic E-state index is 12.1. The lowest BCUT2D eigenvalue weighted by atomic mass is 9.87. The molecule has 1 aromatic carbocycles. The SMILES string of the molecule is CC(C)C(=O)N1CCC(c2cc(Cl)cc3[nH]ncc23)CC1. The summed E-state index contributed by atoms with van der Waals surface area (Å²) in [7, 11) is 0. The van der Waals surface area contributed by atoms with Crippen LogP contribution in [0, 0.1) is 5.92 Å². The van der Waals surface area contributed by atoms with Gasteiger partial charge >= 0.3 is 0 Å². The van der Waals surface area contributed by atoms with Crippen LogP contribution in [-0.4, -0.2) is 34.1 Å². The van der Waals surface area contributed by atoms with Crippen LogP contribution in [0.25, 0.3) is 10.9 Å². The van der Waals surface area contributed by atoms with Gasteiger partial charge in [-0.1, -0.05) is 25.4 Å². The zero-order valence-electron chi connectivity index (χ0n) is 12.4. The molecular formula is C16H20ClN3O. The van der Waals surface area contributed by atoms with Gasteiger partial charge in [0.15, 0.2) is 0 Å². The molecule has 2 heterocycles. The monoisotopic (exact) mass is 305 g/mol. The van der Waals surface area contributed by atoms with Crippen molar-refractivity contribution in [3.8, 4) is 0 Å². The quantitative estimate of drug-likeness (QED) is 0.922. The third kappa shape index (κ3) is 2.77. The average Bonchev–Trinajstić information content (AvgIpc) is 2.93. The lowest BCUT2D eigenvalue weighted by Gasteiger charge is -2.33. The molecule has 3 rings (SSSR count). The van der Waals surface area contributed by atoms with Crippen molar-refractivity contribution in [2.75, 3.05) is 13.1 Å². The predicted molar refractivity (Wildman–Crippen MR) is 84.5 cm³/mol. The van der Waals surface area contributed by atoms with Crippen LogP contribution < -0.4 is 0 Å². The van der Waals surface area contributed by atoms with Gasteiger partial charge in [-0.15, -0.1) is 0 Å². The summed E-state index contributed by atoms with van der Waals surface area (Å²) in [6.07, 6.45) is 3.84. The topological polar surface area (TPSA) is 49.0 Å². The summed E-state index contributed by atoms with van der Waals surface area (Å²) >= 11 is 6.21. The lowest BCUT2D eigenvalue weighted by molar-refractivity contribution is -0.135. The smallest absolute Gasteiger partial charge is 0.225 e. The average molecular weight is 306 g/mol. The zero-order valence-corrected chi connectivity index (χ0v) is 13.2. The van der Waals surface area contributed by atoms with Crippen LogP contribution in [0.3, 0.4) is 0 Å². The number of amides is 1. The third-order valence-electron chi connectivity index (χ3n) is 4.30. The van der Waals surface area contributed by atoms with Crippen LogP contribution in [-0.2, 0) is 4.79 Å². The molecule has 21 heavy (non-hydrogen) atoms. The number of carbonyl (C=O) groups is 1. The minimum atomic E-state index is 0.0771. The van der Waals surface area contributed by atoms with Gasteiger partial charge in [0, 0.05) is 29.4 Å². The number of hydrogen-bond donors (Lipinski definition) is 1. The van der Waals surface area contributed by atoms with Crippen LogP contribution in [0.4, 0.5) is 0 Å². The molecule has 0 saturated carbocycles. The Kier molecular flexibility index (Phi) is 3.89. The first kappa shape index (κ1) is 14.4. The third-order valence-corrected chi connectivity index (χ3v) is 4.51. The van der Waals surface area contributed by atoms with Crippen LogP contribution in [0.1, 0.15) is 38.2 Å². The van der Waals surface area contributed by atoms with Crippen LogP contribution in [0.2, 0.25) is 5.02 Å². The van der Waals surface area contributed by atoms with Crippen molar-refractivity contribution in [1.82, 2.24) is 15.1 Å². The van der Waals surface area contributed by atoms with Gasteiger partial charge in [-0.2, -0.15) is 5.10 Å². The number of nitrogens with one attached hydrogen (secondary N) is 1. The Labute approximate surface area is 129 Å². The molecule has 0 spiro atoms. The maximum atomic E-state index is 12.1. The largest absolute Gasteiger partial charge is 0.342 e. The molecule has 1 aromatic heterocycles. The molecule has 2 aromatic rings. The molecule has 0 radical (unpaired) electrons. The number of aromatic nitrogens is 2. The van der Waals surface area contributed by atoms with Gasteiger partial charge in [-0.25, -0.2) is 0 Å². The zero-order chi connectivity index (χ0) is 15.0. The molecule has 1 aliphatic rings. The first-order valence-corrected chi connectivity index (χ1v) is 7.85. The second-order valence-electron chi connectivity index (χ2n) is 6.08. The predicted octanol–water partition coefficient (Wildman–Crippen LogP) is 3.58. The van der Waals surface area contributed by atoms with Gasteiger partial charge in [-0.05, 0) is 36.5 Å². The number of piperidine rings is 1. The number of aromatic amines is 1. The fraction of sp³-hybridized carbons (Fsp3) is 0.500. The molecule has 5 heteroatoms. The molecule has 0 aliphatic carbocycles. The Bertz CT molecular complexity index is 657. The molecule has 1 fully saturated rings. The van der Waals surface area contributed by atoms with Crippen molar-refractivity contribution in [1.29, 1.82) is 0 Å². The van der Waals surface area contributed by atoms with Crippen molar-refractivity contribution in [3.63, 3.8) is 0 Å². The Morgan fingerprint density at radius 2 is 2.10 bits per heavy atom. The highest BCUT2D eigenvalue weighted by molar-refractivity contribution is 6.31. The number of H-pyrrole nitrogens is 1. The number of fused-ring (bicyclic) bond motifs is 1. The maximum Gasteiger partial charge on any atom is 0.225 e. The normalized spacial score (nSPS) is 16.9. The molecule has 0 bridgehead atoms. The van der Waals surface area contributed by atoms with E-state index in [1.54, 1.807) is 0 Å². The molecule has 1 amide bonds. The van der Waals surface area contributed by atoms with Crippen molar-refractivity contribution >= 4 is 28.4 Å². The molecule has 1 saturated heterocycles. The number of halogens is 1. The molecular weight excluding hydrogens is 286 g/mol. The van der Waals surface area contributed by atoms with Crippen LogP contribution in [0.5, 0.6) is 0 Å². The van der Waals surface area contributed by atoms with E-state index in [1.165, 1.54) is 5.56 Å². The number of rotatable bonds is 2. The van der Waals surface area contributed by atoms with Crippen molar-refractivity contribution < 1.29 is 4.79 Å². The summed E-state index contributed by atoms with van der Waals surface area (Å²) in [6.45, 7) is 5.57. The van der Waals surface area contributed by atoms with Gasteiger partial charge in [0.1, 0.15) is 0 Å². The van der Waals surface area contributed by atoms with Gasteiger partial charge in [0.2, 0.25) is 5.91 Å². The first-order chi connectivity index (χ1) is 10.1. The van der Waals surface area contributed by atoms with E-state index < -0.39 is 0 Å². The summed E-state index contributed by atoms with van der Waals surface area (Å²) in [5, 5.41) is 8.98. The van der Waals surface area contributed by atoms with E-state index in [9.17, 15) is 4.79 Å². The van der Waals surface area contributed by atoms with Crippen molar-refractivity contribution in [3.05, 3.63) is 28.9 Å². The first-order valence-electron chi connectivity index (χ1n) is 7.47. The molecule has 1 aliphatic heterocycles. The van der Waals surface area contributed by atoms with E-state index in [-0.39, 0.29) is 11.8 Å². The summed E-state index contributed by atoms with van der Waals surface area (Å²) < 4.78 is 0. The summed E-state index contributed by atoms with van der Waals surface area (Å²) in [5.41, 5.74) is 2.24. The molecule has 1 N–H and O–H groups in total. The Hall–Kier alpha value is -1.55. The highest BCUT2D eigenvalue weighted by atomic mass is 35.5. The van der Waals surface area contributed by atoms with Gasteiger partial charge in [0.25, 0.3) is 0 Å². The second kappa shape index (κ2) is 5.68. The number of likely N-dealkylation sites (tertiary alicyclic amines) is 1. The minimum Gasteiger partial charge on any atom is -0.342 e. The van der Waals surface area contributed by atoms with Crippen LogP contribution in [0.15, 0.2) is 18.3 Å². The van der Waals surface area contributed by atoms with E-state index in [1.807, 2.05) is 37.1 Å². The standard InChI is InChI=1S/C16H20ClN3O/c1-10(2)16(21)20-5-3-11(4-6-20)13-7-12(17)8-15-14(13)9-18-19-15/h7-11H,3-6H2,1-2H3,(H,18,19). The highest BCUT2D eigenvalue weighted by Crippen LogP contribution is 2.34. The van der Waals surface area contributed by atoms with Gasteiger partial charge in [-0.3, -0.25) is 9.89 Å². The number of benzene rings is 1. The van der Waals surface area contributed by atoms with E-state index >= 15 is 0 Å². The van der Waals surface area contributed by atoms with Crippen LogP contribution >= 0.6 is 11.6 Å². The van der Waals surface area contributed by atoms with Crippen molar-refractivity contribution in [2.24, 2.45) is 5.92 Å². The van der Waals surface area contributed by atoms with Gasteiger partial charge in [0.05, 0.1) is 11.7 Å². The second-order valence-corrected chi connectivity index (χ2v) is 6.52. The minimum absolute atomic E-state index is 0.0771. The summed E-state index contributed by atoms with van der Waals surface area (Å²) in [5.74, 6) is 0.779. The Morgan fingerprint density at radius 3 is 2.76 bits per heavy atom. The van der Waals surface area contributed by atoms with Gasteiger partial charge < -0.3 is 4.90 Å². The van der Waals surface area contributed by atoms with E-state index in [0.29, 0.717) is 5.92 Å². The molecule has 0 unspecified atom stereocenters. The Balaban J connectivity index is 1.80. The summed E-state index contributed by atoms with van der Waals surface area (Å²) in [4.78, 5) is 14.0. The molecule has 0 atom stereocenters. The van der Waals surface area contributed by atoms with E-state index in [2.05, 4.69) is 10.2 Å². The number of carbonyl (C=O) groups excluding carboxylic acids is 1. The molecule has 4 nitrogen and oxygen atoms in total. The number of hydrogen-bond acceptors (Lipinski definition) is 2. The van der Waals surface area contributed by atoms with E-state index in [0.717, 1.165) is 41.9 Å². The lowest BCUT2D eigenvalue weighted by Crippen LogP contribution is -2.40. The highest BCUT2D eigenvalue weighted by Gasteiger charge is 2.26. The fourth-order valence-corrected chi connectivity index (χ4v) is 3.38. The fourth-order valence-electron chi connectivity index (χ4n) is 3.16. The Morgan fingerprint density at radius 1 is 1.38 bits per heavy atom. The molecule has 112 valence electrons. The van der Waals surface area contributed by atoms with Crippen molar-refractivity contribution in [2.45, 2.75) is 32.6 Å². The number of nitrogens with zero attached hydrogens (tertiary/aromatic N) is 2. The van der Waals surface area contributed by atoms with E-state index in [4.69, 9.17) is 11.6 Å². The summed E-state index contributed by atoms with van der Waals surface area (Å²) in [6, 6.07) is 3.95.